The van der Waals surface area contributed by atoms with Crippen molar-refractivity contribution in [2.24, 2.45) is 0 Å². The average molecular weight is 418 g/mol. The second kappa shape index (κ2) is 6.88. The van der Waals surface area contributed by atoms with Crippen molar-refractivity contribution in [1.82, 2.24) is 4.57 Å². The van der Waals surface area contributed by atoms with Gasteiger partial charge in [-0.2, -0.15) is 0 Å². The first kappa shape index (κ1) is 19.2. The van der Waals surface area contributed by atoms with E-state index in [0.29, 0.717) is 5.88 Å². The van der Waals surface area contributed by atoms with Crippen LogP contribution in [-0.4, -0.2) is 16.3 Å². The van der Waals surface area contributed by atoms with Gasteiger partial charge < -0.3 is 4.74 Å². The Hall–Kier alpha value is -2.78. The molecule has 0 atom stereocenters. The van der Waals surface area contributed by atoms with Crippen LogP contribution < -0.4 is 0 Å². The normalized spacial score (nSPS) is 13.3. The average Bonchev–Trinajstić information content (AvgIpc) is 3.06. The first-order chi connectivity index (χ1) is 14.4. The number of nitrogens with zero attached hydrogens (tertiary/aromatic N) is 1. The molecule has 0 saturated heterocycles. The van der Waals surface area contributed by atoms with E-state index in [9.17, 15) is 4.79 Å². The summed E-state index contributed by atoms with van der Waals surface area (Å²) in [5.74, 6) is 0.447. The Morgan fingerprint density at radius 3 is 2.47 bits per heavy atom. The van der Waals surface area contributed by atoms with E-state index < -0.39 is 5.60 Å². The van der Waals surface area contributed by atoms with E-state index >= 15 is 0 Å². The molecule has 0 saturated carbocycles. The van der Waals surface area contributed by atoms with Crippen LogP contribution in [0.5, 0.6) is 0 Å². The summed E-state index contributed by atoms with van der Waals surface area (Å²) in [6.45, 7) is 5.70. The van der Waals surface area contributed by atoms with Crippen LogP contribution in [0.4, 0.5) is 4.79 Å². The summed E-state index contributed by atoms with van der Waals surface area (Å²) in [4.78, 5) is 13.3. The Morgan fingerprint density at radius 2 is 1.70 bits per heavy atom. The summed E-state index contributed by atoms with van der Waals surface area (Å²) in [5.41, 5.74) is 7.11. The molecule has 0 spiro atoms. The van der Waals surface area contributed by atoms with Crippen LogP contribution in [0.2, 0.25) is 0 Å². The molecule has 3 nitrogen and oxygen atoms in total. The summed E-state index contributed by atoms with van der Waals surface area (Å²) >= 11 is 6.22. The first-order valence-electron chi connectivity index (χ1n) is 10.3. The zero-order valence-electron chi connectivity index (χ0n) is 17.5. The topological polar surface area (TPSA) is 31.2 Å². The Morgan fingerprint density at radius 1 is 0.967 bits per heavy atom. The van der Waals surface area contributed by atoms with Crippen molar-refractivity contribution in [2.45, 2.75) is 45.1 Å². The lowest BCUT2D eigenvalue weighted by atomic mass is 9.88. The highest BCUT2D eigenvalue weighted by molar-refractivity contribution is 6.18. The van der Waals surface area contributed by atoms with Crippen molar-refractivity contribution in [1.29, 1.82) is 0 Å². The molecule has 152 valence electrons. The number of alkyl halides is 1. The number of carbonyl (C=O) groups is 1. The smallest absolute Gasteiger partial charge is 0.419 e. The number of aryl methyl sites for hydroxylation is 2. The number of hydrogen-bond donors (Lipinski definition) is 0. The van der Waals surface area contributed by atoms with Crippen LogP contribution in [0.25, 0.3) is 32.9 Å². The Kier molecular flexibility index (Phi) is 4.41. The van der Waals surface area contributed by atoms with Gasteiger partial charge in [-0.1, -0.05) is 42.5 Å². The van der Waals surface area contributed by atoms with Gasteiger partial charge in [0.15, 0.2) is 0 Å². The van der Waals surface area contributed by atoms with Gasteiger partial charge in [0.25, 0.3) is 0 Å². The van der Waals surface area contributed by atoms with Gasteiger partial charge >= 0.3 is 6.09 Å². The van der Waals surface area contributed by atoms with Gasteiger partial charge in [-0.15, -0.1) is 11.6 Å². The minimum absolute atomic E-state index is 0.338. The van der Waals surface area contributed by atoms with Crippen LogP contribution in [-0.2, 0) is 23.5 Å². The molecule has 0 fully saturated rings. The van der Waals surface area contributed by atoms with Crippen molar-refractivity contribution in [3.05, 3.63) is 71.3 Å². The van der Waals surface area contributed by atoms with Crippen molar-refractivity contribution < 1.29 is 9.53 Å². The molecule has 0 amide bonds. The highest BCUT2D eigenvalue weighted by atomic mass is 35.5. The summed E-state index contributed by atoms with van der Waals surface area (Å²) in [5, 5.41) is 2.35. The Labute approximate surface area is 181 Å². The van der Waals surface area contributed by atoms with E-state index in [1.807, 2.05) is 45.0 Å². The van der Waals surface area contributed by atoms with Crippen molar-refractivity contribution in [3.8, 4) is 11.1 Å². The third-order valence-electron chi connectivity index (χ3n) is 5.77. The molecular formula is C26H24ClNO2. The van der Waals surface area contributed by atoms with Gasteiger partial charge in [-0.05, 0) is 73.6 Å². The Bertz CT molecular complexity index is 1310. The molecule has 3 aromatic carbocycles. The quantitative estimate of drug-likeness (QED) is 0.326. The number of benzene rings is 3. The fourth-order valence-corrected chi connectivity index (χ4v) is 4.83. The minimum atomic E-state index is -0.566. The fourth-order valence-electron chi connectivity index (χ4n) is 4.59. The van der Waals surface area contributed by atoms with E-state index in [0.717, 1.165) is 40.6 Å². The predicted molar refractivity (Wildman–Crippen MR) is 123 cm³/mol. The van der Waals surface area contributed by atoms with E-state index in [1.54, 1.807) is 4.57 Å². The second-order valence-corrected chi connectivity index (χ2v) is 9.21. The number of rotatable bonds is 2. The minimum Gasteiger partial charge on any atom is -0.443 e. The standard InChI is InChI=1S/C26H24ClNO2/c1-26(2,3)30-25(29)28-21-10-6-8-16-11-12-17-13-19(14-22(28)24(17)23(16)21)20-9-5-4-7-18(20)15-27/h4-10,13-14H,11-12,15H2,1-3H3. The van der Waals surface area contributed by atoms with Crippen molar-refractivity contribution in [3.63, 3.8) is 0 Å². The third-order valence-corrected chi connectivity index (χ3v) is 6.06. The van der Waals surface area contributed by atoms with Crippen LogP contribution >= 0.6 is 11.6 Å². The third kappa shape index (κ3) is 3.00. The van der Waals surface area contributed by atoms with E-state index in [1.165, 1.54) is 21.9 Å². The van der Waals surface area contributed by atoms with Crippen LogP contribution in [0.1, 0.15) is 37.5 Å². The molecule has 1 aliphatic rings. The molecule has 1 aromatic heterocycles. The number of halogens is 1. The SMILES string of the molecule is CC(C)(C)OC(=O)n1c2cccc3c2c2c(cc(-c4ccccc4CCl)cc21)CC3. The monoisotopic (exact) mass is 417 g/mol. The summed E-state index contributed by atoms with van der Waals surface area (Å²) in [7, 11) is 0. The van der Waals surface area contributed by atoms with Crippen LogP contribution in [0.15, 0.2) is 54.6 Å². The molecule has 4 heteroatoms. The van der Waals surface area contributed by atoms with Gasteiger partial charge in [-0.3, -0.25) is 0 Å². The number of hydrogen-bond acceptors (Lipinski definition) is 2. The Balaban J connectivity index is 1.85. The molecule has 5 rings (SSSR count). The highest BCUT2D eigenvalue weighted by Gasteiger charge is 2.27. The van der Waals surface area contributed by atoms with Crippen molar-refractivity contribution >= 4 is 39.5 Å². The summed E-state index contributed by atoms with van der Waals surface area (Å²) in [6.07, 6.45) is 1.59. The lowest BCUT2D eigenvalue weighted by Gasteiger charge is -2.20. The maximum atomic E-state index is 13.3. The summed E-state index contributed by atoms with van der Waals surface area (Å²) < 4.78 is 7.54. The number of ether oxygens (including phenoxy) is 1. The number of aromatic nitrogens is 1. The van der Waals surface area contributed by atoms with Gasteiger partial charge in [0.2, 0.25) is 0 Å². The fraction of sp³-hybridized carbons (Fsp3) is 0.269. The van der Waals surface area contributed by atoms with Gasteiger partial charge in [-0.25, -0.2) is 9.36 Å². The van der Waals surface area contributed by atoms with Crippen LogP contribution in [0, 0.1) is 0 Å². The highest BCUT2D eigenvalue weighted by Crippen LogP contribution is 2.41. The molecule has 1 heterocycles. The predicted octanol–water partition coefficient (Wildman–Crippen LogP) is 7.08. The van der Waals surface area contributed by atoms with E-state index in [2.05, 4.69) is 30.3 Å². The first-order valence-corrected chi connectivity index (χ1v) is 10.9. The summed E-state index contributed by atoms with van der Waals surface area (Å²) in [6, 6.07) is 18.8. The molecule has 0 aliphatic heterocycles. The largest absolute Gasteiger partial charge is 0.443 e. The number of carbonyl (C=O) groups excluding carboxylic acids is 1. The van der Waals surface area contributed by atoms with Crippen molar-refractivity contribution in [2.75, 3.05) is 0 Å². The second-order valence-electron chi connectivity index (χ2n) is 8.95. The maximum absolute atomic E-state index is 13.3. The van der Waals surface area contributed by atoms with Gasteiger partial charge in [0.05, 0.1) is 11.0 Å². The molecule has 0 N–H and O–H groups in total. The molecule has 4 aromatic rings. The van der Waals surface area contributed by atoms with Gasteiger partial charge in [0.1, 0.15) is 5.60 Å². The zero-order chi connectivity index (χ0) is 21.0. The maximum Gasteiger partial charge on any atom is 0.419 e. The molecule has 0 radical (unpaired) electrons. The lowest BCUT2D eigenvalue weighted by Crippen LogP contribution is -2.27. The zero-order valence-corrected chi connectivity index (χ0v) is 18.2. The molecule has 0 unspecified atom stereocenters. The molecule has 0 bridgehead atoms. The molecule has 1 aliphatic carbocycles. The lowest BCUT2D eigenvalue weighted by molar-refractivity contribution is 0.0551. The van der Waals surface area contributed by atoms with Gasteiger partial charge in [0, 0.05) is 16.7 Å². The molecule has 30 heavy (non-hydrogen) atoms. The molecular weight excluding hydrogens is 394 g/mol. The van der Waals surface area contributed by atoms with E-state index in [4.69, 9.17) is 16.3 Å². The van der Waals surface area contributed by atoms with E-state index in [-0.39, 0.29) is 6.09 Å². The van der Waals surface area contributed by atoms with Crippen LogP contribution in [0.3, 0.4) is 0 Å².